The van der Waals surface area contributed by atoms with Crippen molar-refractivity contribution in [2.75, 3.05) is 6.61 Å². The van der Waals surface area contributed by atoms with Crippen LogP contribution >= 0.6 is 0 Å². The van der Waals surface area contributed by atoms with Crippen LogP contribution in [-0.2, 0) is 11.3 Å². The van der Waals surface area contributed by atoms with Crippen molar-refractivity contribution in [1.82, 2.24) is 19.5 Å². The Hall–Kier alpha value is -3.29. The van der Waals surface area contributed by atoms with Crippen molar-refractivity contribution in [3.8, 4) is 11.4 Å². The molecule has 0 radical (unpaired) electrons. The molecule has 0 saturated heterocycles. The Morgan fingerprint density at radius 1 is 1.23 bits per heavy atom. The van der Waals surface area contributed by atoms with E-state index in [-0.39, 0.29) is 23.2 Å². The fourth-order valence-corrected chi connectivity index (χ4v) is 2.72. The number of esters is 1. The minimum atomic E-state index is -0.666. The summed E-state index contributed by atoms with van der Waals surface area (Å²) in [5.74, 6) is -0.649. The highest BCUT2D eigenvalue weighted by atomic mass is 16.5. The van der Waals surface area contributed by atoms with Gasteiger partial charge in [0.1, 0.15) is 0 Å². The predicted molar refractivity (Wildman–Crippen MR) is 96.1 cm³/mol. The SMILES string of the molecule is CCCn1c(=O)[nH]c(=O)c2c(C(=O)OCC)cc(-c3ccccn3)nc21. The summed E-state index contributed by atoms with van der Waals surface area (Å²) in [5, 5.41) is 0.0381. The van der Waals surface area contributed by atoms with E-state index in [9.17, 15) is 14.4 Å². The van der Waals surface area contributed by atoms with Gasteiger partial charge in [-0.05, 0) is 31.5 Å². The molecule has 3 aromatic rings. The number of aromatic amines is 1. The van der Waals surface area contributed by atoms with E-state index in [1.54, 1.807) is 31.3 Å². The number of nitrogens with zero attached hydrogens (tertiary/aromatic N) is 3. The summed E-state index contributed by atoms with van der Waals surface area (Å²) in [6.45, 7) is 4.09. The Morgan fingerprint density at radius 3 is 2.69 bits per heavy atom. The molecule has 0 unspecified atom stereocenters. The molecule has 0 aromatic carbocycles. The zero-order valence-corrected chi connectivity index (χ0v) is 14.5. The van der Waals surface area contributed by atoms with Crippen LogP contribution in [0.2, 0.25) is 0 Å². The molecule has 0 amide bonds. The molecule has 0 atom stereocenters. The number of hydrogen-bond donors (Lipinski definition) is 1. The highest BCUT2D eigenvalue weighted by Gasteiger charge is 2.21. The minimum absolute atomic E-state index is 0.0381. The van der Waals surface area contributed by atoms with E-state index in [0.29, 0.717) is 24.4 Å². The average molecular weight is 354 g/mol. The number of carbonyl (C=O) groups is 1. The first kappa shape index (κ1) is 17.5. The van der Waals surface area contributed by atoms with Crippen LogP contribution in [0.3, 0.4) is 0 Å². The van der Waals surface area contributed by atoms with Crippen molar-refractivity contribution in [3.63, 3.8) is 0 Å². The van der Waals surface area contributed by atoms with Crippen LogP contribution in [0, 0.1) is 0 Å². The van der Waals surface area contributed by atoms with Gasteiger partial charge in [0.15, 0.2) is 5.65 Å². The number of H-pyrrole nitrogens is 1. The van der Waals surface area contributed by atoms with Gasteiger partial charge in [-0.3, -0.25) is 19.3 Å². The Bertz CT molecular complexity index is 1070. The first-order valence-corrected chi connectivity index (χ1v) is 8.33. The Labute approximate surface area is 148 Å². The van der Waals surface area contributed by atoms with Crippen molar-refractivity contribution < 1.29 is 9.53 Å². The first-order chi connectivity index (χ1) is 12.6. The van der Waals surface area contributed by atoms with Crippen molar-refractivity contribution >= 4 is 17.0 Å². The lowest BCUT2D eigenvalue weighted by molar-refractivity contribution is 0.0528. The number of nitrogens with one attached hydrogen (secondary N) is 1. The van der Waals surface area contributed by atoms with Gasteiger partial charge in [0, 0.05) is 12.7 Å². The fourth-order valence-electron chi connectivity index (χ4n) is 2.72. The zero-order valence-electron chi connectivity index (χ0n) is 14.5. The van der Waals surface area contributed by atoms with Crippen LogP contribution in [0.1, 0.15) is 30.6 Å². The molecule has 3 aromatic heterocycles. The number of ether oxygens (including phenoxy) is 1. The molecule has 0 saturated carbocycles. The molecule has 1 N–H and O–H groups in total. The first-order valence-electron chi connectivity index (χ1n) is 8.33. The molecular weight excluding hydrogens is 336 g/mol. The maximum Gasteiger partial charge on any atom is 0.339 e. The van der Waals surface area contributed by atoms with Gasteiger partial charge >= 0.3 is 11.7 Å². The Kier molecular flexibility index (Phi) is 4.92. The monoisotopic (exact) mass is 354 g/mol. The number of pyridine rings is 2. The van der Waals surface area contributed by atoms with E-state index in [2.05, 4.69) is 15.0 Å². The van der Waals surface area contributed by atoms with E-state index in [1.807, 2.05) is 6.92 Å². The lowest BCUT2D eigenvalue weighted by atomic mass is 10.1. The molecule has 0 aliphatic carbocycles. The smallest absolute Gasteiger partial charge is 0.339 e. The second-order valence-corrected chi connectivity index (χ2v) is 5.60. The normalized spacial score (nSPS) is 10.8. The molecule has 0 fully saturated rings. The van der Waals surface area contributed by atoms with Crippen molar-refractivity contribution in [1.29, 1.82) is 0 Å². The second-order valence-electron chi connectivity index (χ2n) is 5.60. The quantitative estimate of drug-likeness (QED) is 0.699. The topological polar surface area (TPSA) is 107 Å². The largest absolute Gasteiger partial charge is 0.462 e. The maximum atomic E-state index is 12.4. The molecule has 0 bridgehead atoms. The average Bonchev–Trinajstić information content (AvgIpc) is 2.65. The zero-order chi connectivity index (χ0) is 18.7. The van der Waals surface area contributed by atoms with Crippen LogP contribution in [0.4, 0.5) is 0 Å². The highest BCUT2D eigenvalue weighted by molar-refractivity contribution is 6.03. The van der Waals surface area contributed by atoms with E-state index in [4.69, 9.17) is 4.74 Å². The molecule has 8 heteroatoms. The molecule has 8 nitrogen and oxygen atoms in total. The van der Waals surface area contributed by atoms with Crippen LogP contribution in [0.15, 0.2) is 40.1 Å². The number of aromatic nitrogens is 4. The molecule has 3 heterocycles. The molecule has 0 aliphatic heterocycles. The Balaban J connectivity index is 2.42. The van der Waals surface area contributed by atoms with Crippen molar-refractivity contribution in [2.24, 2.45) is 0 Å². The minimum Gasteiger partial charge on any atom is -0.462 e. The molecular formula is C18H18N4O4. The number of rotatable bonds is 5. The van der Waals surface area contributed by atoms with Gasteiger partial charge in [0.05, 0.1) is 28.9 Å². The number of carbonyl (C=O) groups excluding carboxylic acids is 1. The summed E-state index contributed by atoms with van der Waals surface area (Å²) in [6.07, 6.45) is 2.26. The maximum absolute atomic E-state index is 12.4. The molecule has 0 spiro atoms. The molecule has 0 aliphatic rings. The lowest BCUT2D eigenvalue weighted by Crippen LogP contribution is -2.32. The summed E-state index contributed by atoms with van der Waals surface area (Å²) in [5.41, 5.74) is -0.118. The summed E-state index contributed by atoms with van der Waals surface area (Å²) in [6, 6.07) is 6.75. The fraction of sp³-hybridized carbons (Fsp3) is 0.278. The third-order valence-electron chi connectivity index (χ3n) is 3.82. The van der Waals surface area contributed by atoms with Gasteiger partial charge < -0.3 is 4.74 Å². The summed E-state index contributed by atoms with van der Waals surface area (Å²) in [4.78, 5) is 48.0. The van der Waals surface area contributed by atoms with Gasteiger partial charge in [-0.2, -0.15) is 0 Å². The van der Waals surface area contributed by atoms with Crippen LogP contribution < -0.4 is 11.2 Å². The van der Waals surface area contributed by atoms with Crippen molar-refractivity contribution in [3.05, 3.63) is 56.9 Å². The van der Waals surface area contributed by atoms with E-state index >= 15 is 0 Å². The third kappa shape index (κ3) is 3.13. The third-order valence-corrected chi connectivity index (χ3v) is 3.82. The summed E-state index contributed by atoms with van der Waals surface area (Å²) >= 11 is 0. The molecule has 26 heavy (non-hydrogen) atoms. The molecule has 3 rings (SSSR count). The summed E-state index contributed by atoms with van der Waals surface area (Å²) in [7, 11) is 0. The number of fused-ring (bicyclic) bond motifs is 1. The van der Waals surface area contributed by atoms with Gasteiger partial charge in [0.2, 0.25) is 0 Å². The van der Waals surface area contributed by atoms with Crippen molar-refractivity contribution in [2.45, 2.75) is 26.8 Å². The number of hydrogen-bond acceptors (Lipinski definition) is 6. The van der Waals surface area contributed by atoms with Gasteiger partial charge in [-0.1, -0.05) is 13.0 Å². The van der Waals surface area contributed by atoms with Crippen LogP contribution in [0.25, 0.3) is 22.4 Å². The Morgan fingerprint density at radius 2 is 2.04 bits per heavy atom. The molecule has 134 valence electrons. The lowest BCUT2D eigenvalue weighted by Gasteiger charge is -2.12. The van der Waals surface area contributed by atoms with Crippen LogP contribution in [-0.4, -0.2) is 32.1 Å². The van der Waals surface area contributed by atoms with E-state index in [0.717, 1.165) is 0 Å². The highest BCUT2D eigenvalue weighted by Crippen LogP contribution is 2.21. The standard InChI is InChI=1S/C18H18N4O4/c1-3-9-22-15-14(16(23)21-18(22)25)11(17(24)26-4-2)10-13(20-15)12-7-5-6-8-19-12/h5-8,10H,3-4,9H2,1-2H3,(H,21,23,25). The van der Waals surface area contributed by atoms with Gasteiger partial charge in [0.25, 0.3) is 5.56 Å². The second kappa shape index (κ2) is 7.30. The van der Waals surface area contributed by atoms with Gasteiger partial charge in [-0.15, -0.1) is 0 Å². The summed E-state index contributed by atoms with van der Waals surface area (Å²) < 4.78 is 6.44. The van der Waals surface area contributed by atoms with E-state index in [1.165, 1.54) is 10.6 Å². The number of aryl methyl sites for hydroxylation is 1. The van der Waals surface area contributed by atoms with E-state index < -0.39 is 17.2 Å². The van der Waals surface area contributed by atoms with Gasteiger partial charge in [-0.25, -0.2) is 14.6 Å². The van der Waals surface area contributed by atoms with Crippen LogP contribution in [0.5, 0.6) is 0 Å². The predicted octanol–water partition coefficient (Wildman–Crippen LogP) is 1.73.